The number of ether oxygens (including phenoxy) is 1. The van der Waals surface area contributed by atoms with E-state index in [9.17, 15) is 0 Å². The highest BCUT2D eigenvalue weighted by molar-refractivity contribution is 9.10. The Kier molecular flexibility index (Phi) is 3.33. The van der Waals surface area contributed by atoms with Crippen LogP contribution in [0.1, 0.15) is 0 Å². The lowest BCUT2D eigenvalue weighted by Gasteiger charge is -2.10. The maximum Gasteiger partial charge on any atom is 0.149 e. The van der Waals surface area contributed by atoms with Crippen molar-refractivity contribution in [2.45, 2.75) is 0 Å². The highest BCUT2D eigenvalue weighted by atomic mass is 79.9. The summed E-state index contributed by atoms with van der Waals surface area (Å²) in [6, 6.07) is 16.5. The molecule has 3 rings (SSSR count). The highest BCUT2D eigenvalue weighted by Crippen LogP contribution is 2.34. The van der Waals surface area contributed by atoms with Crippen molar-refractivity contribution in [3.05, 3.63) is 65.5 Å². The number of rotatable bonds is 3. The third-order valence-corrected chi connectivity index (χ3v) is 3.27. The summed E-state index contributed by atoms with van der Waals surface area (Å²) in [7, 11) is 0. The van der Waals surface area contributed by atoms with Gasteiger partial charge >= 0.3 is 0 Å². The van der Waals surface area contributed by atoms with Crippen molar-refractivity contribution in [3.63, 3.8) is 0 Å². The number of para-hydroxylation sites is 2. The fourth-order valence-corrected chi connectivity index (χ4v) is 2.11. The molecule has 0 saturated carbocycles. The van der Waals surface area contributed by atoms with E-state index in [0.29, 0.717) is 5.75 Å². The van der Waals surface area contributed by atoms with Gasteiger partial charge in [-0.15, -0.1) is 0 Å². The van der Waals surface area contributed by atoms with Crippen LogP contribution in [0.15, 0.2) is 59.5 Å². The average molecular weight is 314 g/mol. The van der Waals surface area contributed by atoms with Crippen LogP contribution in [0.4, 0.5) is 0 Å². The van der Waals surface area contributed by atoms with E-state index < -0.39 is 0 Å². The second-order valence-electron chi connectivity index (χ2n) is 3.90. The summed E-state index contributed by atoms with van der Waals surface area (Å²) in [5, 5.41) is 0. The van der Waals surface area contributed by atoms with E-state index in [2.05, 4.69) is 32.0 Å². The molecular formula is C15H10BrN2O. The van der Waals surface area contributed by atoms with Crippen LogP contribution in [0.5, 0.6) is 11.5 Å². The molecule has 93 valence electrons. The van der Waals surface area contributed by atoms with Crippen LogP contribution in [0.3, 0.4) is 0 Å². The van der Waals surface area contributed by atoms with Crippen LogP contribution in [-0.4, -0.2) is 9.97 Å². The summed E-state index contributed by atoms with van der Waals surface area (Å²) in [5.74, 6) is 1.41. The summed E-state index contributed by atoms with van der Waals surface area (Å²) in [4.78, 5) is 7.20. The van der Waals surface area contributed by atoms with E-state index in [4.69, 9.17) is 4.74 Å². The molecule has 0 fully saturated rings. The van der Waals surface area contributed by atoms with Crippen molar-refractivity contribution in [2.24, 2.45) is 0 Å². The van der Waals surface area contributed by atoms with Crippen molar-refractivity contribution in [1.29, 1.82) is 0 Å². The van der Waals surface area contributed by atoms with E-state index in [0.717, 1.165) is 21.5 Å². The second kappa shape index (κ2) is 5.28. The van der Waals surface area contributed by atoms with E-state index in [-0.39, 0.29) is 0 Å². The number of halogens is 1. The molecule has 0 unspecified atom stereocenters. The molecule has 1 aromatic heterocycles. The lowest BCUT2D eigenvalue weighted by Crippen LogP contribution is -1.89. The predicted molar refractivity (Wildman–Crippen MR) is 77.1 cm³/mol. The van der Waals surface area contributed by atoms with E-state index >= 15 is 0 Å². The Bertz CT molecular complexity index is 680. The summed E-state index contributed by atoms with van der Waals surface area (Å²) in [6.07, 6.45) is 3.49. The minimum absolute atomic E-state index is 0.658. The molecule has 0 aliphatic heterocycles. The van der Waals surface area contributed by atoms with Gasteiger partial charge in [-0.25, -0.2) is 4.98 Å². The van der Waals surface area contributed by atoms with Crippen LogP contribution in [0.25, 0.3) is 11.3 Å². The maximum atomic E-state index is 5.91. The SMILES string of the molecule is Brc1ccc[c]c1Oc1ccccc1-c1c[nH]cn1. The number of nitrogens with zero attached hydrogens (tertiary/aromatic N) is 1. The molecule has 3 nitrogen and oxygen atoms in total. The van der Waals surface area contributed by atoms with Crippen LogP contribution in [0, 0.1) is 6.07 Å². The van der Waals surface area contributed by atoms with Gasteiger partial charge < -0.3 is 9.72 Å². The Morgan fingerprint density at radius 3 is 2.84 bits per heavy atom. The Labute approximate surface area is 119 Å². The maximum absolute atomic E-state index is 5.91. The van der Waals surface area contributed by atoms with E-state index in [1.54, 1.807) is 6.33 Å². The number of aromatic amines is 1. The van der Waals surface area contributed by atoms with Crippen molar-refractivity contribution >= 4 is 15.9 Å². The zero-order chi connectivity index (χ0) is 13.1. The Hall–Kier alpha value is -2.07. The lowest BCUT2D eigenvalue weighted by atomic mass is 10.1. The first-order valence-electron chi connectivity index (χ1n) is 5.77. The van der Waals surface area contributed by atoms with E-state index in [1.165, 1.54) is 0 Å². The molecule has 0 spiro atoms. The van der Waals surface area contributed by atoms with Gasteiger partial charge in [0, 0.05) is 17.8 Å². The first kappa shape index (κ1) is 12.0. The van der Waals surface area contributed by atoms with Crippen LogP contribution >= 0.6 is 15.9 Å². The predicted octanol–water partition coefficient (Wildman–Crippen LogP) is 4.43. The molecule has 1 heterocycles. The zero-order valence-corrected chi connectivity index (χ0v) is 11.5. The number of aromatic nitrogens is 2. The monoisotopic (exact) mass is 313 g/mol. The molecule has 0 saturated heterocycles. The molecular weight excluding hydrogens is 304 g/mol. The van der Waals surface area contributed by atoms with Crippen molar-refractivity contribution in [2.75, 3.05) is 0 Å². The Morgan fingerprint density at radius 1 is 1.16 bits per heavy atom. The number of imidazole rings is 1. The van der Waals surface area contributed by atoms with E-state index in [1.807, 2.05) is 48.7 Å². The number of H-pyrrole nitrogens is 1. The van der Waals surface area contributed by atoms with Crippen molar-refractivity contribution in [3.8, 4) is 22.8 Å². The average Bonchev–Trinajstić information content (AvgIpc) is 2.96. The van der Waals surface area contributed by atoms with Gasteiger partial charge in [0.2, 0.25) is 0 Å². The van der Waals surface area contributed by atoms with Gasteiger partial charge in [0.1, 0.15) is 11.5 Å². The van der Waals surface area contributed by atoms with Gasteiger partial charge in [-0.05, 0) is 34.1 Å². The van der Waals surface area contributed by atoms with Gasteiger partial charge in [0.05, 0.1) is 16.5 Å². The molecule has 0 bridgehead atoms. The summed E-state index contributed by atoms with van der Waals surface area (Å²) in [6.45, 7) is 0. The first-order chi connectivity index (χ1) is 9.34. The normalized spacial score (nSPS) is 10.4. The topological polar surface area (TPSA) is 37.9 Å². The van der Waals surface area contributed by atoms with Crippen molar-refractivity contribution < 1.29 is 4.74 Å². The third-order valence-electron chi connectivity index (χ3n) is 2.64. The third kappa shape index (κ3) is 2.53. The van der Waals surface area contributed by atoms with Gasteiger partial charge in [0.25, 0.3) is 0 Å². The number of benzene rings is 2. The lowest BCUT2D eigenvalue weighted by molar-refractivity contribution is 0.480. The highest BCUT2D eigenvalue weighted by Gasteiger charge is 2.09. The molecule has 2 aromatic carbocycles. The molecule has 19 heavy (non-hydrogen) atoms. The first-order valence-corrected chi connectivity index (χ1v) is 6.56. The number of hydrogen-bond acceptors (Lipinski definition) is 2. The molecule has 0 amide bonds. The molecule has 1 radical (unpaired) electrons. The molecule has 1 N–H and O–H groups in total. The summed E-state index contributed by atoms with van der Waals surface area (Å²) in [5.41, 5.74) is 1.79. The molecule has 0 atom stereocenters. The number of hydrogen-bond donors (Lipinski definition) is 1. The molecule has 0 aliphatic rings. The van der Waals surface area contributed by atoms with Gasteiger partial charge in [-0.1, -0.05) is 24.3 Å². The Morgan fingerprint density at radius 2 is 2.05 bits per heavy atom. The van der Waals surface area contributed by atoms with Gasteiger partial charge in [-0.2, -0.15) is 0 Å². The quantitative estimate of drug-likeness (QED) is 0.776. The van der Waals surface area contributed by atoms with Gasteiger partial charge in [-0.3, -0.25) is 0 Å². The largest absolute Gasteiger partial charge is 0.455 e. The summed E-state index contributed by atoms with van der Waals surface area (Å²) >= 11 is 3.45. The molecule has 0 aliphatic carbocycles. The summed E-state index contributed by atoms with van der Waals surface area (Å²) < 4.78 is 6.78. The minimum atomic E-state index is 0.658. The Balaban J connectivity index is 2.00. The standard InChI is InChI=1S/C15H10BrN2O/c16-12-6-2-4-8-15(12)19-14-7-3-1-5-11(14)13-9-17-10-18-13/h1-7,9-10H,(H,17,18). The fraction of sp³-hybridized carbons (Fsp3) is 0. The van der Waals surface area contributed by atoms with Gasteiger partial charge in [0.15, 0.2) is 0 Å². The smallest absolute Gasteiger partial charge is 0.149 e. The van der Waals surface area contributed by atoms with Crippen molar-refractivity contribution in [1.82, 2.24) is 9.97 Å². The second-order valence-corrected chi connectivity index (χ2v) is 4.75. The molecule has 4 heteroatoms. The molecule has 3 aromatic rings. The number of nitrogens with one attached hydrogen (secondary N) is 1. The zero-order valence-electron chi connectivity index (χ0n) is 9.93. The van der Waals surface area contributed by atoms with Crippen LogP contribution in [-0.2, 0) is 0 Å². The van der Waals surface area contributed by atoms with Crippen LogP contribution < -0.4 is 4.74 Å². The van der Waals surface area contributed by atoms with Crippen LogP contribution in [0.2, 0.25) is 0 Å². The fourth-order valence-electron chi connectivity index (χ4n) is 1.76. The minimum Gasteiger partial charge on any atom is -0.455 e.